The first-order valence-corrected chi connectivity index (χ1v) is 8.65. The zero-order chi connectivity index (χ0) is 16.5. The quantitative estimate of drug-likeness (QED) is 0.559. The van der Waals surface area contributed by atoms with Crippen molar-refractivity contribution in [3.8, 4) is 10.4 Å². The third kappa shape index (κ3) is 2.53. The molecule has 3 aromatic heterocycles. The maximum Gasteiger partial charge on any atom is 0.181 e. The van der Waals surface area contributed by atoms with Gasteiger partial charge in [-0.15, -0.1) is 11.3 Å². The van der Waals surface area contributed by atoms with Crippen LogP contribution in [0.25, 0.3) is 26.4 Å². The summed E-state index contributed by atoms with van der Waals surface area (Å²) in [5.41, 5.74) is 4.15. The van der Waals surface area contributed by atoms with Crippen molar-refractivity contribution < 1.29 is 4.74 Å². The monoisotopic (exact) mass is 338 g/mol. The van der Waals surface area contributed by atoms with Gasteiger partial charge >= 0.3 is 0 Å². The lowest BCUT2D eigenvalue weighted by Crippen LogP contribution is -2.10. The Bertz CT molecular complexity index is 991. The molecule has 122 valence electrons. The number of hydrogen-bond acceptors (Lipinski definition) is 5. The van der Waals surface area contributed by atoms with Gasteiger partial charge in [-0.2, -0.15) is 0 Å². The average molecular weight is 338 g/mol. The third-order valence-corrected chi connectivity index (χ3v) is 5.09. The highest BCUT2D eigenvalue weighted by molar-refractivity contribution is 7.21. The van der Waals surface area contributed by atoms with Gasteiger partial charge in [0.15, 0.2) is 11.5 Å². The van der Waals surface area contributed by atoms with E-state index in [2.05, 4.69) is 52.0 Å². The Balaban J connectivity index is 1.89. The molecule has 0 saturated carbocycles. The minimum absolute atomic E-state index is 0.629. The van der Waals surface area contributed by atoms with E-state index in [0.29, 0.717) is 13.2 Å². The predicted molar refractivity (Wildman–Crippen MR) is 98.9 cm³/mol. The molecule has 0 aliphatic heterocycles. The smallest absolute Gasteiger partial charge is 0.181 e. The largest absolute Gasteiger partial charge is 0.383 e. The third-order valence-electron chi connectivity index (χ3n) is 3.94. The fourth-order valence-electron chi connectivity index (χ4n) is 2.78. The molecule has 0 unspecified atom stereocenters. The number of nitrogens with zero attached hydrogens (tertiary/aromatic N) is 3. The molecule has 3 heterocycles. The van der Waals surface area contributed by atoms with E-state index in [4.69, 9.17) is 9.72 Å². The number of ether oxygens (including phenoxy) is 1. The Kier molecular flexibility index (Phi) is 3.92. The fourth-order valence-corrected chi connectivity index (χ4v) is 3.94. The van der Waals surface area contributed by atoms with Gasteiger partial charge in [0.05, 0.1) is 6.61 Å². The van der Waals surface area contributed by atoms with E-state index in [1.807, 2.05) is 12.3 Å². The molecule has 0 aliphatic rings. The molecule has 0 radical (unpaired) electrons. The molecule has 5 nitrogen and oxygen atoms in total. The molecule has 0 bridgehead atoms. The van der Waals surface area contributed by atoms with Crippen molar-refractivity contribution >= 4 is 33.1 Å². The second kappa shape index (κ2) is 6.22. The normalized spacial score (nSPS) is 11.4. The number of aryl methyl sites for hydroxylation is 1. The van der Waals surface area contributed by atoms with Crippen LogP contribution in [0.1, 0.15) is 5.69 Å². The molecule has 0 amide bonds. The average Bonchev–Trinajstić information content (AvgIpc) is 3.19. The van der Waals surface area contributed by atoms with Gasteiger partial charge in [-0.25, -0.2) is 9.97 Å². The van der Waals surface area contributed by atoms with Gasteiger partial charge < -0.3 is 10.1 Å². The highest BCUT2D eigenvalue weighted by Crippen LogP contribution is 2.34. The van der Waals surface area contributed by atoms with Gasteiger partial charge in [-0.05, 0) is 18.6 Å². The number of hydrogen-bond donors (Lipinski definition) is 1. The Morgan fingerprint density at radius 2 is 2.08 bits per heavy atom. The number of methoxy groups -OCH3 is 1. The van der Waals surface area contributed by atoms with Crippen molar-refractivity contribution in [2.45, 2.75) is 6.92 Å². The van der Waals surface area contributed by atoms with Crippen molar-refractivity contribution in [1.29, 1.82) is 0 Å². The van der Waals surface area contributed by atoms with Crippen LogP contribution in [-0.2, 0) is 4.74 Å². The second-order valence-electron chi connectivity index (χ2n) is 5.61. The van der Waals surface area contributed by atoms with E-state index in [9.17, 15) is 0 Å². The molecule has 6 heteroatoms. The molecule has 4 rings (SSSR count). The minimum Gasteiger partial charge on any atom is -0.383 e. The van der Waals surface area contributed by atoms with Gasteiger partial charge in [0, 0.05) is 30.4 Å². The van der Waals surface area contributed by atoms with Crippen LogP contribution in [0.5, 0.6) is 0 Å². The van der Waals surface area contributed by atoms with Gasteiger partial charge in [0.1, 0.15) is 10.3 Å². The number of rotatable bonds is 5. The molecule has 1 aromatic carbocycles. The first kappa shape index (κ1) is 15.1. The summed E-state index contributed by atoms with van der Waals surface area (Å²) in [5, 5.41) is 3.33. The highest BCUT2D eigenvalue weighted by Gasteiger charge is 2.15. The van der Waals surface area contributed by atoms with E-state index in [1.165, 1.54) is 10.4 Å². The van der Waals surface area contributed by atoms with Gasteiger partial charge in [-0.3, -0.25) is 4.40 Å². The van der Waals surface area contributed by atoms with Crippen LogP contribution in [0, 0.1) is 6.92 Å². The zero-order valence-electron chi connectivity index (χ0n) is 13.6. The lowest BCUT2D eigenvalue weighted by Gasteiger charge is -2.07. The SMILES string of the molecule is COCCNc1nc2cc(-c3ccccc3)sc2n2c(C)cnc12. The summed E-state index contributed by atoms with van der Waals surface area (Å²) < 4.78 is 7.29. The summed E-state index contributed by atoms with van der Waals surface area (Å²) in [6.07, 6.45) is 1.89. The summed E-state index contributed by atoms with van der Waals surface area (Å²) in [6, 6.07) is 12.5. The van der Waals surface area contributed by atoms with E-state index in [1.54, 1.807) is 18.4 Å². The summed E-state index contributed by atoms with van der Waals surface area (Å²) in [7, 11) is 1.69. The molecule has 1 N–H and O–H groups in total. The predicted octanol–water partition coefficient (Wildman–Crippen LogP) is 3.98. The first-order valence-electron chi connectivity index (χ1n) is 7.84. The molecule has 0 fully saturated rings. The summed E-state index contributed by atoms with van der Waals surface area (Å²) in [5.74, 6) is 0.796. The molecule has 0 saturated heterocycles. The summed E-state index contributed by atoms with van der Waals surface area (Å²) in [4.78, 5) is 11.7. The topological polar surface area (TPSA) is 51.5 Å². The van der Waals surface area contributed by atoms with E-state index in [-0.39, 0.29) is 0 Å². The Morgan fingerprint density at radius 1 is 1.25 bits per heavy atom. The van der Waals surface area contributed by atoms with E-state index >= 15 is 0 Å². The number of fused-ring (bicyclic) bond motifs is 3. The molecule has 24 heavy (non-hydrogen) atoms. The second-order valence-corrected chi connectivity index (χ2v) is 6.64. The van der Waals surface area contributed by atoms with Crippen LogP contribution in [-0.4, -0.2) is 34.6 Å². The maximum absolute atomic E-state index is 5.11. The van der Waals surface area contributed by atoms with E-state index in [0.717, 1.165) is 27.5 Å². The molecule has 0 spiro atoms. The van der Waals surface area contributed by atoms with Gasteiger partial charge in [-0.1, -0.05) is 30.3 Å². The molecular formula is C18H18N4OS. The molecule has 0 atom stereocenters. The van der Waals surface area contributed by atoms with Crippen molar-refractivity contribution in [2.75, 3.05) is 25.6 Å². The van der Waals surface area contributed by atoms with Crippen molar-refractivity contribution in [2.24, 2.45) is 0 Å². The van der Waals surface area contributed by atoms with Crippen LogP contribution in [0.2, 0.25) is 0 Å². The van der Waals surface area contributed by atoms with E-state index < -0.39 is 0 Å². The number of aromatic nitrogens is 3. The summed E-state index contributed by atoms with van der Waals surface area (Å²) in [6.45, 7) is 3.40. The zero-order valence-corrected chi connectivity index (χ0v) is 14.4. The number of nitrogens with one attached hydrogen (secondary N) is 1. The standard InChI is InChI=1S/C18H18N4OS/c1-12-11-20-17-16(19-8-9-23-2)21-14-10-15(24-18(14)22(12)17)13-6-4-3-5-7-13/h3-7,10-11H,8-9H2,1-2H3,(H,19,21). The van der Waals surface area contributed by atoms with Gasteiger partial charge in [0.2, 0.25) is 0 Å². The lowest BCUT2D eigenvalue weighted by atomic mass is 10.2. The Hall–Kier alpha value is -2.44. The Morgan fingerprint density at radius 3 is 2.88 bits per heavy atom. The fraction of sp³-hybridized carbons (Fsp3) is 0.222. The number of anilines is 1. The van der Waals surface area contributed by atoms with Crippen LogP contribution in [0.4, 0.5) is 5.82 Å². The number of benzene rings is 1. The Labute approximate surface area is 143 Å². The van der Waals surface area contributed by atoms with Gasteiger partial charge in [0.25, 0.3) is 0 Å². The molecule has 0 aliphatic carbocycles. The lowest BCUT2D eigenvalue weighted by molar-refractivity contribution is 0.210. The first-order chi connectivity index (χ1) is 11.8. The molecule has 4 aromatic rings. The maximum atomic E-state index is 5.11. The van der Waals surface area contributed by atoms with Crippen molar-refractivity contribution in [3.05, 3.63) is 48.3 Å². The van der Waals surface area contributed by atoms with Crippen LogP contribution in [0.3, 0.4) is 0 Å². The van der Waals surface area contributed by atoms with Crippen LogP contribution < -0.4 is 5.32 Å². The van der Waals surface area contributed by atoms with Crippen LogP contribution in [0.15, 0.2) is 42.6 Å². The van der Waals surface area contributed by atoms with Crippen LogP contribution >= 0.6 is 11.3 Å². The number of imidazole rings is 1. The minimum atomic E-state index is 0.629. The number of thiophene rings is 1. The van der Waals surface area contributed by atoms with Crippen molar-refractivity contribution in [1.82, 2.24) is 14.4 Å². The van der Waals surface area contributed by atoms with Crippen molar-refractivity contribution in [3.63, 3.8) is 0 Å². The highest BCUT2D eigenvalue weighted by atomic mass is 32.1. The molecular weight excluding hydrogens is 320 g/mol. The summed E-state index contributed by atoms with van der Waals surface area (Å²) >= 11 is 1.74.